The molecule has 3 nitrogen and oxygen atoms in total. The van der Waals surface area contributed by atoms with E-state index in [1.807, 2.05) is 42.5 Å². The summed E-state index contributed by atoms with van der Waals surface area (Å²) in [6.07, 6.45) is 0. The van der Waals surface area contributed by atoms with Crippen LogP contribution in [0.1, 0.15) is 5.56 Å². The van der Waals surface area contributed by atoms with Crippen molar-refractivity contribution in [3.63, 3.8) is 0 Å². The quantitative estimate of drug-likeness (QED) is 0.734. The molecule has 0 spiro atoms. The van der Waals surface area contributed by atoms with Crippen molar-refractivity contribution >= 4 is 44.5 Å². The van der Waals surface area contributed by atoms with Crippen molar-refractivity contribution in [2.75, 3.05) is 5.32 Å². The van der Waals surface area contributed by atoms with Crippen LogP contribution in [0.15, 0.2) is 46.9 Å². The Hall–Kier alpha value is -1.52. The molecule has 5 heteroatoms. The summed E-state index contributed by atoms with van der Waals surface area (Å²) in [5.41, 5.74) is 3.11. The second-order valence-corrected chi connectivity index (χ2v) is 5.58. The first-order chi connectivity index (χ1) is 9.20. The second-order valence-electron chi connectivity index (χ2n) is 4.23. The summed E-state index contributed by atoms with van der Waals surface area (Å²) in [5, 5.41) is 4.01. The van der Waals surface area contributed by atoms with Crippen LogP contribution in [0, 0.1) is 0 Å². The van der Waals surface area contributed by atoms with Crippen LogP contribution >= 0.6 is 27.5 Å². The Bertz CT molecular complexity index is 706. The zero-order valence-corrected chi connectivity index (χ0v) is 12.3. The van der Waals surface area contributed by atoms with Crippen molar-refractivity contribution in [2.24, 2.45) is 0 Å². The fourth-order valence-corrected chi connectivity index (χ4v) is 2.34. The van der Waals surface area contributed by atoms with E-state index in [1.165, 1.54) is 0 Å². The first kappa shape index (κ1) is 12.5. The van der Waals surface area contributed by atoms with E-state index >= 15 is 0 Å². The summed E-state index contributed by atoms with van der Waals surface area (Å²) in [6, 6.07) is 13.7. The van der Waals surface area contributed by atoms with Gasteiger partial charge in [-0.25, -0.2) is 4.98 Å². The van der Waals surface area contributed by atoms with Crippen LogP contribution < -0.4 is 5.32 Å². The molecule has 1 aromatic heterocycles. The Kier molecular flexibility index (Phi) is 3.44. The molecule has 96 valence electrons. The van der Waals surface area contributed by atoms with Gasteiger partial charge in [-0.05, 0) is 35.9 Å². The number of benzene rings is 2. The summed E-state index contributed by atoms with van der Waals surface area (Å²) in [6.45, 7) is 0.707. The summed E-state index contributed by atoms with van der Waals surface area (Å²) < 4.78 is 1.04. The first-order valence-corrected chi connectivity index (χ1v) is 7.01. The molecule has 0 atom stereocenters. The zero-order chi connectivity index (χ0) is 13.2. The van der Waals surface area contributed by atoms with E-state index in [-0.39, 0.29) is 0 Å². The van der Waals surface area contributed by atoms with Crippen LogP contribution in [0.3, 0.4) is 0 Å². The number of halogens is 2. The van der Waals surface area contributed by atoms with E-state index in [1.54, 1.807) is 0 Å². The molecule has 1 heterocycles. The van der Waals surface area contributed by atoms with E-state index in [0.29, 0.717) is 6.54 Å². The first-order valence-electron chi connectivity index (χ1n) is 5.84. The largest absolute Gasteiger partial charge is 0.352 e. The predicted octanol–water partition coefficient (Wildman–Crippen LogP) is 4.59. The molecule has 2 N–H and O–H groups in total. The molecule has 19 heavy (non-hydrogen) atoms. The van der Waals surface area contributed by atoms with Crippen molar-refractivity contribution in [1.29, 1.82) is 0 Å². The molecule has 0 unspecified atom stereocenters. The molecule has 0 saturated heterocycles. The zero-order valence-electron chi connectivity index (χ0n) is 9.95. The average Bonchev–Trinajstić information content (AvgIpc) is 2.80. The van der Waals surface area contributed by atoms with Gasteiger partial charge in [0.2, 0.25) is 5.95 Å². The third-order valence-corrected chi connectivity index (χ3v) is 3.56. The number of hydrogen-bond donors (Lipinski definition) is 2. The highest BCUT2D eigenvalue weighted by molar-refractivity contribution is 9.10. The highest BCUT2D eigenvalue weighted by atomic mass is 79.9. The lowest BCUT2D eigenvalue weighted by molar-refractivity contribution is 1.10. The van der Waals surface area contributed by atoms with Gasteiger partial charge in [0, 0.05) is 16.0 Å². The van der Waals surface area contributed by atoms with E-state index in [0.717, 1.165) is 32.0 Å². The molecule has 0 aliphatic carbocycles. The fraction of sp³-hybridized carbons (Fsp3) is 0.0714. The number of aromatic amines is 1. The molecule has 0 saturated carbocycles. The SMILES string of the molecule is Clc1ccc(CNc2nc3ccc(Br)cc3[nH]2)cc1. The van der Waals surface area contributed by atoms with Gasteiger partial charge in [-0.1, -0.05) is 39.7 Å². The number of imidazole rings is 1. The third-order valence-electron chi connectivity index (χ3n) is 2.82. The van der Waals surface area contributed by atoms with E-state index < -0.39 is 0 Å². The number of aromatic nitrogens is 2. The Balaban J connectivity index is 1.76. The number of hydrogen-bond acceptors (Lipinski definition) is 2. The lowest BCUT2D eigenvalue weighted by atomic mass is 10.2. The number of anilines is 1. The van der Waals surface area contributed by atoms with Crippen molar-refractivity contribution in [1.82, 2.24) is 9.97 Å². The Morgan fingerprint density at radius 2 is 1.95 bits per heavy atom. The smallest absolute Gasteiger partial charge is 0.201 e. The molecular formula is C14H11BrClN3. The molecular weight excluding hydrogens is 326 g/mol. The van der Waals surface area contributed by atoms with Crippen LogP contribution in [0.25, 0.3) is 11.0 Å². The van der Waals surface area contributed by atoms with Crippen LogP contribution in [0.2, 0.25) is 5.02 Å². The highest BCUT2D eigenvalue weighted by Crippen LogP contribution is 2.19. The van der Waals surface area contributed by atoms with E-state index in [2.05, 4.69) is 31.2 Å². The molecule has 0 aliphatic heterocycles. The fourth-order valence-electron chi connectivity index (χ4n) is 1.85. The van der Waals surface area contributed by atoms with Crippen LogP contribution in [-0.2, 0) is 6.54 Å². The lowest BCUT2D eigenvalue weighted by Crippen LogP contribution is -2.00. The highest BCUT2D eigenvalue weighted by Gasteiger charge is 2.02. The van der Waals surface area contributed by atoms with Gasteiger partial charge in [0.1, 0.15) is 0 Å². The normalized spacial score (nSPS) is 10.8. The molecule has 0 aliphatic rings. The van der Waals surface area contributed by atoms with Gasteiger partial charge in [-0.15, -0.1) is 0 Å². The van der Waals surface area contributed by atoms with Crippen molar-refractivity contribution < 1.29 is 0 Å². The van der Waals surface area contributed by atoms with Crippen molar-refractivity contribution in [3.8, 4) is 0 Å². The van der Waals surface area contributed by atoms with Gasteiger partial charge in [0.05, 0.1) is 11.0 Å². The van der Waals surface area contributed by atoms with Gasteiger partial charge in [0.15, 0.2) is 0 Å². The van der Waals surface area contributed by atoms with Crippen LogP contribution in [-0.4, -0.2) is 9.97 Å². The molecule has 0 amide bonds. The predicted molar refractivity (Wildman–Crippen MR) is 82.6 cm³/mol. The maximum Gasteiger partial charge on any atom is 0.201 e. The van der Waals surface area contributed by atoms with Crippen molar-refractivity contribution in [3.05, 3.63) is 57.5 Å². The molecule has 0 bridgehead atoms. The topological polar surface area (TPSA) is 40.7 Å². The number of rotatable bonds is 3. The molecule has 0 radical (unpaired) electrons. The molecule has 2 aromatic carbocycles. The third kappa shape index (κ3) is 2.91. The van der Waals surface area contributed by atoms with Gasteiger partial charge < -0.3 is 10.3 Å². The summed E-state index contributed by atoms with van der Waals surface area (Å²) in [5.74, 6) is 0.767. The monoisotopic (exact) mass is 335 g/mol. The minimum absolute atomic E-state index is 0.707. The van der Waals surface area contributed by atoms with Crippen LogP contribution in [0.4, 0.5) is 5.95 Å². The van der Waals surface area contributed by atoms with Gasteiger partial charge >= 0.3 is 0 Å². The average molecular weight is 337 g/mol. The number of nitrogens with zero attached hydrogens (tertiary/aromatic N) is 1. The minimum Gasteiger partial charge on any atom is -0.352 e. The van der Waals surface area contributed by atoms with E-state index in [9.17, 15) is 0 Å². The Morgan fingerprint density at radius 1 is 1.16 bits per heavy atom. The minimum atomic E-state index is 0.707. The molecule has 3 aromatic rings. The maximum absolute atomic E-state index is 5.85. The Morgan fingerprint density at radius 3 is 2.74 bits per heavy atom. The lowest BCUT2D eigenvalue weighted by Gasteiger charge is -2.02. The van der Waals surface area contributed by atoms with Gasteiger partial charge in [0.25, 0.3) is 0 Å². The summed E-state index contributed by atoms with van der Waals surface area (Å²) >= 11 is 9.30. The van der Waals surface area contributed by atoms with Crippen LogP contribution in [0.5, 0.6) is 0 Å². The number of H-pyrrole nitrogens is 1. The summed E-state index contributed by atoms with van der Waals surface area (Å²) in [4.78, 5) is 7.71. The number of fused-ring (bicyclic) bond motifs is 1. The Labute approximate surface area is 124 Å². The van der Waals surface area contributed by atoms with Gasteiger partial charge in [-0.3, -0.25) is 0 Å². The van der Waals surface area contributed by atoms with Gasteiger partial charge in [-0.2, -0.15) is 0 Å². The standard InChI is InChI=1S/C14H11BrClN3/c15-10-3-6-12-13(7-10)19-14(18-12)17-8-9-1-4-11(16)5-2-9/h1-7H,8H2,(H2,17,18,19). The molecule has 3 rings (SSSR count). The van der Waals surface area contributed by atoms with E-state index in [4.69, 9.17) is 11.6 Å². The molecule has 0 fully saturated rings. The second kappa shape index (κ2) is 5.23. The summed E-state index contributed by atoms with van der Waals surface area (Å²) in [7, 11) is 0. The maximum atomic E-state index is 5.85. The number of nitrogens with one attached hydrogen (secondary N) is 2. The van der Waals surface area contributed by atoms with Crippen molar-refractivity contribution in [2.45, 2.75) is 6.54 Å².